The highest BCUT2D eigenvalue weighted by Crippen LogP contribution is 2.02. The molecule has 138 valence electrons. The molecular formula is C16H35N3O4. The van der Waals surface area contributed by atoms with Gasteiger partial charge in [-0.3, -0.25) is 9.59 Å². The van der Waals surface area contributed by atoms with Crippen LogP contribution in [-0.4, -0.2) is 55.4 Å². The lowest BCUT2D eigenvalue weighted by molar-refractivity contribution is -0.130. The number of terminal acetylenes is 1. The van der Waals surface area contributed by atoms with Gasteiger partial charge in [-0.15, -0.1) is 12.8 Å². The number of hydrogen-bond acceptors (Lipinski definition) is 5. The molecule has 7 nitrogen and oxygen atoms in total. The van der Waals surface area contributed by atoms with E-state index in [4.69, 9.17) is 15.6 Å². The highest BCUT2D eigenvalue weighted by molar-refractivity contribution is 5.88. The lowest BCUT2D eigenvalue weighted by Crippen LogP contribution is -2.56. The summed E-state index contributed by atoms with van der Waals surface area (Å²) in [4.78, 5) is 22.8. The molecule has 0 spiro atoms. The zero-order chi connectivity index (χ0) is 19.5. The van der Waals surface area contributed by atoms with E-state index in [-0.39, 0.29) is 6.54 Å². The zero-order valence-electron chi connectivity index (χ0n) is 15.6. The Morgan fingerprint density at radius 2 is 1.65 bits per heavy atom. The van der Waals surface area contributed by atoms with Crippen molar-refractivity contribution in [1.29, 1.82) is 0 Å². The van der Waals surface area contributed by atoms with Crippen LogP contribution in [0.4, 0.5) is 0 Å². The number of carbonyl (C=O) groups is 2. The summed E-state index contributed by atoms with van der Waals surface area (Å²) < 4.78 is 4.94. The van der Waals surface area contributed by atoms with E-state index in [0.29, 0.717) is 6.61 Å². The second-order valence-electron chi connectivity index (χ2n) is 4.31. The second-order valence-corrected chi connectivity index (χ2v) is 4.31. The Hall–Kier alpha value is -1.62. The lowest BCUT2D eigenvalue weighted by atomic mass is 10.1. The van der Waals surface area contributed by atoms with E-state index >= 15 is 0 Å². The van der Waals surface area contributed by atoms with Crippen LogP contribution in [0, 0.1) is 12.8 Å². The van der Waals surface area contributed by atoms with Gasteiger partial charge in [-0.2, -0.15) is 0 Å². The fraction of sp³-hybridized carbons (Fsp3) is 0.750. The molecule has 0 aromatic heterocycles. The summed E-state index contributed by atoms with van der Waals surface area (Å²) >= 11 is 0. The number of nitrogens with two attached hydrogens (primary N) is 1. The minimum absolute atomic E-state index is 0.231. The first-order valence-corrected chi connectivity index (χ1v) is 7.61. The highest BCUT2D eigenvalue weighted by Gasteiger charge is 2.26. The van der Waals surface area contributed by atoms with E-state index < -0.39 is 30.0 Å². The topological polar surface area (TPSA) is 114 Å². The van der Waals surface area contributed by atoms with Crippen LogP contribution in [0.25, 0.3) is 0 Å². The minimum atomic E-state index is -0.998. The summed E-state index contributed by atoms with van der Waals surface area (Å²) in [5.74, 6) is -0.972. The van der Waals surface area contributed by atoms with Crippen LogP contribution in [0.5, 0.6) is 0 Å². The molecule has 0 aliphatic rings. The van der Waals surface area contributed by atoms with Gasteiger partial charge in [0.15, 0.2) is 0 Å². The molecule has 23 heavy (non-hydrogen) atoms. The molecule has 0 aliphatic carbocycles. The Balaban J connectivity index is -0.000000267. The number of methoxy groups -OCH3 is 1. The van der Waals surface area contributed by atoms with Crippen molar-refractivity contribution in [3.05, 3.63) is 0 Å². The van der Waals surface area contributed by atoms with Crippen molar-refractivity contribution in [3.63, 3.8) is 0 Å². The van der Waals surface area contributed by atoms with Crippen LogP contribution < -0.4 is 16.4 Å². The van der Waals surface area contributed by atoms with Crippen molar-refractivity contribution in [2.75, 3.05) is 26.9 Å². The standard InChI is InChI=1S/C10H21N3O4.2C2H6.C2H2/c1-10(2,6-17-3)13-9(16)7(5-14)12-8(15)4-11;3*1-2/h7,14H,4-6,11H2,1-3H3,(H,12,15)(H,13,16);2*1-2H3;1-2H/t7-;;;/m0.../s1. The normalized spacial score (nSPS) is 10.2. The van der Waals surface area contributed by atoms with E-state index in [0.717, 1.165) is 0 Å². The molecule has 5 N–H and O–H groups in total. The molecule has 0 saturated carbocycles. The number of aliphatic hydroxyl groups is 1. The lowest BCUT2D eigenvalue weighted by Gasteiger charge is -2.27. The van der Waals surface area contributed by atoms with Crippen LogP contribution in [0.15, 0.2) is 0 Å². The molecular weight excluding hydrogens is 298 g/mol. The van der Waals surface area contributed by atoms with Crippen LogP contribution in [0.1, 0.15) is 41.5 Å². The molecule has 0 aromatic carbocycles. The maximum absolute atomic E-state index is 11.7. The number of hydrogen-bond donors (Lipinski definition) is 4. The number of carbonyl (C=O) groups excluding carboxylic acids is 2. The minimum Gasteiger partial charge on any atom is -0.394 e. The number of ether oxygens (including phenoxy) is 1. The highest BCUT2D eigenvalue weighted by atomic mass is 16.5. The quantitative estimate of drug-likeness (QED) is 0.499. The van der Waals surface area contributed by atoms with Gasteiger partial charge >= 0.3 is 0 Å². The van der Waals surface area contributed by atoms with E-state index in [9.17, 15) is 9.59 Å². The van der Waals surface area contributed by atoms with E-state index in [1.807, 2.05) is 27.7 Å². The fourth-order valence-electron chi connectivity index (χ4n) is 1.26. The van der Waals surface area contributed by atoms with Crippen molar-refractivity contribution in [2.45, 2.75) is 53.1 Å². The third kappa shape index (κ3) is 18.3. The molecule has 0 aliphatic heterocycles. The van der Waals surface area contributed by atoms with Gasteiger partial charge in [0, 0.05) is 7.11 Å². The van der Waals surface area contributed by atoms with Crippen molar-refractivity contribution in [1.82, 2.24) is 10.6 Å². The molecule has 2 amide bonds. The second kappa shape index (κ2) is 20.4. The Morgan fingerprint density at radius 3 is 1.96 bits per heavy atom. The third-order valence-electron chi connectivity index (χ3n) is 1.99. The number of amides is 2. The number of nitrogens with one attached hydrogen (secondary N) is 2. The van der Waals surface area contributed by atoms with E-state index in [1.54, 1.807) is 13.8 Å². The molecule has 0 fully saturated rings. The van der Waals surface area contributed by atoms with Crippen LogP contribution >= 0.6 is 0 Å². The van der Waals surface area contributed by atoms with E-state index in [1.165, 1.54) is 7.11 Å². The van der Waals surface area contributed by atoms with Crippen LogP contribution in [-0.2, 0) is 14.3 Å². The molecule has 0 radical (unpaired) electrons. The molecule has 1 atom stereocenters. The molecule has 7 heteroatoms. The SMILES string of the molecule is C#C.CC.CC.COCC(C)(C)NC(=O)[C@H](CO)NC(=O)CN. The third-order valence-corrected chi connectivity index (χ3v) is 1.99. The molecule has 0 rings (SSSR count). The van der Waals surface area contributed by atoms with Gasteiger partial charge in [0.2, 0.25) is 11.8 Å². The van der Waals surface area contributed by atoms with Gasteiger partial charge < -0.3 is 26.2 Å². The van der Waals surface area contributed by atoms with Gasteiger partial charge in [-0.05, 0) is 13.8 Å². The molecule has 0 heterocycles. The Bertz CT molecular complexity index is 305. The smallest absolute Gasteiger partial charge is 0.245 e. The average molecular weight is 333 g/mol. The zero-order valence-corrected chi connectivity index (χ0v) is 15.6. The van der Waals surface area contributed by atoms with Crippen LogP contribution in [0.3, 0.4) is 0 Å². The molecule has 0 bridgehead atoms. The van der Waals surface area contributed by atoms with E-state index in [2.05, 4.69) is 23.5 Å². The monoisotopic (exact) mass is 333 g/mol. The average Bonchev–Trinajstić information content (AvgIpc) is 2.57. The van der Waals surface area contributed by atoms with Crippen molar-refractivity contribution >= 4 is 11.8 Å². The first kappa shape index (κ1) is 29.4. The maximum Gasteiger partial charge on any atom is 0.245 e. The number of rotatable bonds is 7. The predicted octanol–water partition coefficient (Wildman–Crippen LogP) is 0.265. The summed E-state index contributed by atoms with van der Waals surface area (Å²) in [5.41, 5.74) is 4.53. The summed E-state index contributed by atoms with van der Waals surface area (Å²) in [6.07, 6.45) is 8.00. The van der Waals surface area contributed by atoms with Crippen molar-refractivity contribution < 1.29 is 19.4 Å². The van der Waals surface area contributed by atoms with Gasteiger partial charge in [-0.25, -0.2) is 0 Å². The Morgan fingerprint density at radius 1 is 1.22 bits per heavy atom. The first-order valence-electron chi connectivity index (χ1n) is 7.61. The van der Waals surface area contributed by atoms with Gasteiger partial charge in [0.1, 0.15) is 6.04 Å². The predicted molar refractivity (Wildman–Crippen MR) is 94.8 cm³/mol. The van der Waals surface area contributed by atoms with Gasteiger partial charge in [-0.1, -0.05) is 27.7 Å². The largest absolute Gasteiger partial charge is 0.394 e. The Kier molecular flexibility index (Phi) is 26.0. The summed E-state index contributed by atoms with van der Waals surface area (Å²) in [5, 5.41) is 14.0. The summed E-state index contributed by atoms with van der Waals surface area (Å²) in [7, 11) is 1.52. The fourth-order valence-corrected chi connectivity index (χ4v) is 1.26. The van der Waals surface area contributed by atoms with Gasteiger partial charge in [0.25, 0.3) is 0 Å². The summed E-state index contributed by atoms with van der Waals surface area (Å²) in [6.45, 7) is 11.1. The van der Waals surface area contributed by atoms with Crippen LogP contribution in [0.2, 0.25) is 0 Å². The van der Waals surface area contributed by atoms with Crippen molar-refractivity contribution in [2.24, 2.45) is 5.73 Å². The molecule has 0 unspecified atom stereocenters. The molecule has 0 aromatic rings. The maximum atomic E-state index is 11.7. The molecule has 0 saturated heterocycles. The number of aliphatic hydroxyl groups excluding tert-OH is 1. The van der Waals surface area contributed by atoms with Gasteiger partial charge in [0.05, 0.1) is 25.3 Å². The first-order chi connectivity index (χ1) is 10.9. The Labute approximate surface area is 141 Å². The summed E-state index contributed by atoms with van der Waals surface area (Å²) in [6, 6.07) is -0.998. The van der Waals surface area contributed by atoms with Crippen molar-refractivity contribution in [3.8, 4) is 12.8 Å².